The predicted octanol–water partition coefficient (Wildman–Crippen LogP) is 2.54. The zero-order valence-corrected chi connectivity index (χ0v) is 9.74. The van der Waals surface area contributed by atoms with Gasteiger partial charge in [0.1, 0.15) is 5.00 Å². The number of thiophene rings is 1. The van der Waals surface area contributed by atoms with Crippen molar-refractivity contribution in [2.24, 2.45) is 0 Å². The quantitative estimate of drug-likeness (QED) is 0.749. The van der Waals surface area contributed by atoms with E-state index in [1.165, 1.54) is 11.3 Å². The third kappa shape index (κ3) is 2.30. The molecule has 2 heterocycles. The van der Waals surface area contributed by atoms with Gasteiger partial charge in [-0.1, -0.05) is 6.92 Å². The number of carbonyl (C=O) groups is 1. The van der Waals surface area contributed by atoms with Crippen molar-refractivity contribution in [3.8, 4) is 10.8 Å². The van der Waals surface area contributed by atoms with Crippen LogP contribution in [0.25, 0.3) is 5.00 Å². The summed E-state index contributed by atoms with van der Waals surface area (Å²) in [4.78, 5) is 11.2. The zero-order valence-electron chi connectivity index (χ0n) is 8.92. The highest BCUT2D eigenvalue weighted by atomic mass is 32.1. The highest BCUT2D eigenvalue weighted by molar-refractivity contribution is 7.16. The van der Waals surface area contributed by atoms with Crippen LogP contribution < -0.4 is 4.74 Å². The fourth-order valence-electron chi connectivity index (χ4n) is 1.25. The van der Waals surface area contributed by atoms with Gasteiger partial charge >= 0.3 is 0 Å². The van der Waals surface area contributed by atoms with Crippen LogP contribution in [0.15, 0.2) is 24.5 Å². The molecule has 2 aromatic rings. The second-order valence-electron chi connectivity index (χ2n) is 3.26. The van der Waals surface area contributed by atoms with E-state index >= 15 is 0 Å². The Morgan fingerprint density at radius 1 is 1.56 bits per heavy atom. The first-order valence-electron chi connectivity index (χ1n) is 5.06. The van der Waals surface area contributed by atoms with Crippen LogP contribution in [0.4, 0.5) is 0 Å². The van der Waals surface area contributed by atoms with E-state index in [4.69, 9.17) is 4.74 Å². The van der Waals surface area contributed by atoms with Gasteiger partial charge in [-0.25, -0.2) is 4.68 Å². The Balaban J connectivity index is 2.14. The van der Waals surface area contributed by atoms with Crippen molar-refractivity contribution < 1.29 is 9.53 Å². The van der Waals surface area contributed by atoms with E-state index in [-0.39, 0.29) is 0 Å². The summed E-state index contributed by atoms with van der Waals surface area (Å²) in [6.07, 6.45) is 5.30. The number of aldehydes is 1. The van der Waals surface area contributed by atoms with Crippen molar-refractivity contribution in [1.82, 2.24) is 9.78 Å². The topological polar surface area (TPSA) is 44.1 Å². The maximum atomic E-state index is 10.6. The molecule has 84 valence electrons. The Kier molecular flexibility index (Phi) is 3.36. The van der Waals surface area contributed by atoms with Crippen LogP contribution in [0.2, 0.25) is 0 Å². The molecule has 0 aliphatic heterocycles. The molecule has 0 saturated heterocycles. The molecule has 0 unspecified atom stereocenters. The molecule has 0 aliphatic rings. The normalized spacial score (nSPS) is 10.3. The first-order chi connectivity index (χ1) is 7.83. The lowest BCUT2D eigenvalue weighted by molar-refractivity contribution is 0.112. The van der Waals surface area contributed by atoms with Gasteiger partial charge in [-0.3, -0.25) is 4.79 Å². The molecule has 0 amide bonds. The second-order valence-corrected chi connectivity index (χ2v) is 4.36. The second kappa shape index (κ2) is 4.94. The third-order valence-corrected chi connectivity index (χ3v) is 2.99. The molecule has 0 saturated carbocycles. The van der Waals surface area contributed by atoms with Gasteiger partial charge in [0.2, 0.25) is 0 Å². The summed E-state index contributed by atoms with van der Waals surface area (Å²) in [5.41, 5.74) is 0. The lowest BCUT2D eigenvalue weighted by Gasteiger charge is -1.98. The Morgan fingerprint density at radius 3 is 3.12 bits per heavy atom. The van der Waals surface area contributed by atoms with Crippen molar-refractivity contribution in [2.75, 3.05) is 6.61 Å². The van der Waals surface area contributed by atoms with Gasteiger partial charge in [0.05, 0.1) is 23.9 Å². The van der Waals surface area contributed by atoms with E-state index in [0.29, 0.717) is 11.5 Å². The number of hydrogen-bond donors (Lipinski definition) is 0. The lowest BCUT2D eigenvalue weighted by Crippen LogP contribution is -1.93. The van der Waals surface area contributed by atoms with E-state index in [9.17, 15) is 4.79 Å². The van der Waals surface area contributed by atoms with Gasteiger partial charge in [0, 0.05) is 0 Å². The Hall–Kier alpha value is -1.62. The Labute approximate surface area is 97.5 Å². The van der Waals surface area contributed by atoms with E-state index in [2.05, 4.69) is 12.0 Å². The standard InChI is InChI=1S/C11H12N2O2S/c1-2-5-15-9-6-12-13(7-9)11-4-3-10(8-14)16-11/h3-4,6-8H,2,5H2,1H3. The SMILES string of the molecule is CCCOc1cnn(-c2ccc(C=O)s2)c1. The van der Waals surface area contributed by atoms with Crippen LogP contribution in [0.5, 0.6) is 5.75 Å². The molecule has 0 fully saturated rings. The van der Waals surface area contributed by atoms with Gasteiger partial charge < -0.3 is 4.74 Å². The number of hydrogen-bond acceptors (Lipinski definition) is 4. The summed E-state index contributed by atoms with van der Waals surface area (Å²) < 4.78 is 7.15. The van der Waals surface area contributed by atoms with Crippen LogP contribution in [0.3, 0.4) is 0 Å². The number of carbonyl (C=O) groups excluding carboxylic acids is 1. The zero-order chi connectivity index (χ0) is 11.4. The van der Waals surface area contributed by atoms with E-state index in [0.717, 1.165) is 23.5 Å². The van der Waals surface area contributed by atoms with Crippen molar-refractivity contribution >= 4 is 17.6 Å². The minimum Gasteiger partial charge on any atom is -0.490 e. The summed E-state index contributed by atoms with van der Waals surface area (Å²) in [6.45, 7) is 2.75. The van der Waals surface area contributed by atoms with Crippen molar-refractivity contribution in [3.63, 3.8) is 0 Å². The van der Waals surface area contributed by atoms with Crippen LogP contribution >= 0.6 is 11.3 Å². The molecule has 0 bridgehead atoms. The highest BCUT2D eigenvalue weighted by Gasteiger charge is 2.04. The monoisotopic (exact) mass is 236 g/mol. The van der Waals surface area contributed by atoms with Gasteiger partial charge in [-0.15, -0.1) is 11.3 Å². The molecule has 0 aliphatic carbocycles. The molecule has 16 heavy (non-hydrogen) atoms. The van der Waals surface area contributed by atoms with E-state index in [1.54, 1.807) is 16.9 Å². The van der Waals surface area contributed by atoms with Gasteiger partial charge in [-0.05, 0) is 18.6 Å². The minimum absolute atomic E-state index is 0.690. The first-order valence-corrected chi connectivity index (χ1v) is 5.88. The molecule has 0 aromatic carbocycles. The first kappa shape index (κ1) is 10.9. The fourth-order valence-corrected chi connectivity index (χ4v) is 2.01. The Bertz CT molecular complexity index is 476. The molecular weight excluding hydrogens is 224 g/mol. The molecular formula is C11H12N2O2S. The molecule has 5 heteroatoms. The summed E-state index contributed by atoms with van der Waals surface area (Å²) in [5.74, 6) is 0.753. The minimum atomic E-state index is 0.690. The maximum absolute atomic E-state index is 10.6. The van der Waals surface area contributed by atoms with Crippen LogP contribution in [-0.2, 0) is 0 Å². The predicted molar refractivity (Wildman–Crippen MR) is 62.6 cm³/mol. The molecule has 2 aromatic heterocycles. The van der Waals surface area contributed by atoms with E-state index in [1.807, 2.05) is 12.3 Å². The van der Waals surface area contributed by atoms with Crippen LogP contribution in [0.1, 0.15) is 23.0 Å². The average Bonchev–Trinajstić information content (AvgIpc) is 2.94. The van der Waals surface area contributed by atoms with Crippen molar-refractivity contribution in [2.45, 2.75) is 13.3 Å². The molecule has 0 atom stereocenters. The van der Waals surface area contributed by atoms with Crippen LogP contribution in [-0.4, -0.2) is 22.7 Å². The maximum Gasteiger partial charge on any atom is 0.160 e. The smallest absolute Gasteiger partial charge is 0.160 e. The van der Waals surface area contributed by atoms with Crippen molar-refractivity contribution in [3.05, 3.63) is 29.4 Å². The van der Waals surface area contributed by atoms with Crippen LogP contribution in [0, 0.1) is 0 Å². The molecule has 0 spiro atoms. The van der Waals surface area contributed by atoms with Gasteiger partial charge in [0.25, 0.3) is 0 Å². The number of rotatable bonds is 5. The van der Waals surface area contributed by atoms with Crippen molar-refractivity contribution in [1.29, 1.82) is 0 Å². The summed E-state index contributed by atoms with van der Waals surface area (Å²) in [6, 6.07) is 3.65. The number of nitrogens with zero attached hydrogens (tertiary/aromatic N) is 2. The molecule has 0 N–H and O–H groups in total. The summed E-state index contributed by atoms with van der Waals surface area (Å²) in [5, 5.41) is 5.08. The lowest BCUT2D eigenvalue weighted by atomic mass is 10.5. The molecule has 4 nitrogen and oxygen atoms in total. The molecule has 0 radical (unpaired) electrons. The van der Waals surface area contributed by atoms with Gasteiger partial charge in [0.15, 0.2) is 12.0 Å². The number of ether oxygens (including phenoxy) is 1. The fraction of sp³-hybridized carbons (Fsp3) is 0.273. The summed E-state index contributed by atoms with van der Waals surface area (Å²) >= 11 is 1.40. The summed E-state index contributed by atoms with van der Waals surface area (Å²) in [7, 11) is 0. The van der Waals surface area contributed by atoms with Gasteiger partial charge in [-0.2, -0.15) is 5.10 Å². The average molecular weight is 236 g/mol. The Morgan fingerprint density at radius 2 is 2.44 bits per heavy atom. The van der Waals surface area contributed by atoms with E-state index < -0.39 is 0 Å². The number of aromatic nitrogens is 2. The third-order valence-electron chi connectivity index (χ3n) is 1.99. The highest BCUT2D eigenvalue weighted by Crippen LogP contribution is 2.20. The molecule has 2 rings (SSSR count). The largest absolute Gasteiger partial charge is 0.490 e.